The van der Waals surface area contributed by atoms with Crippen LogP contribution < -0.4 is 42.4 Å². The molecule has 0 amide bonds. The first-order chi connectivity index (χ1) is 41.5. The molecule has 12 heterocycles. The van der Waals surface area contributed by atoms with Gasteiger partial charge in [-0.3, -0.25) is 0 Å². The molecule has 434 valence electrons. The first kappa shape index (κ1) is 51.7. The molecule has 0 aromatic heterocycles. The van der Waals surface area contributed by atoms with Gasteiger partial charge in [-0.25, -0.2) is 0 Å². The Labute approximate surface area is 498 Å². The number of ether oxygens (including phenoxy) is 4. The predicted molar refractivity (Wildman–Crippen MR) is 354 cm³/mol. The van der Waals surface area contributed by atoms with Gasteiger partial charge in [0.05, 0.1) is 0 Å². The second-order valence-electron chi connectivity index (χ2n) is 29.9. The molecule has 9 heteroatoms. The topological polar surface area (TPSA) is 36.9 Å². The van der Waals surface area contributed by atoms with Gasteiger partial charge in [-0.15, -0.1) is 0 Å². The number of rotatable bonds is 20. The molecule has 0 bridgehead atoms. The number of benzene rings is 8. The first-order valence-electron chi connectivity index (χ1n) is 31.8. The maximum atomic E-state index is 6.71. The summed E-state index contributed by atoms with van der Waals surface area (Å²) in [6, 6.07) is 100.0. The van der Waals surface area contributed by atoms with Crippen molar-refractivity contribution in [2.45, 2.75) is 123 Å². The molecule has 12 fully saturated rings. The van der Waals surface area contributed by atoms with E-state index in [4.69, 9.17) is 18.9 Å². The van der Waals surface area contributed by atoms with Gasteiger partial charge in [-0.2, -0.15) is 0 Å². The molecule has 12 aliphatic rings. The summed E-state index contributed by atoms with van der Waals surface area (Å²) in [5.41, 5.74) is -0.0628. The van der Waals surface area contributed by atoms with E-state index < -0.39 is 38.2 Å². The summed E-state index contributed by atoms with van der Waals surface area (Å²) in [5.74, 6) is 0. The first-order valence-corrected chi connectivity index (χ1v) is 43.0. The molecule has 0 aliphatic carbocycles. The zero-order valence-corrected chi connectivity index (χ0v) is 54.1. The maximum absolute atomic E-state index is 6.71. The molecule has 8 aromatic rings. The quantitative estimate of drug-likeness (QED) is 0.0563. The van der Waals surface area contributed by atoms with E-state index >= 15 is 0 Å². The summed E-state index contributed by atoms with van der Waals surface area (Å²) in [4.78, 5) is 2.60. The van der Waals surface area contributed by atoms with E-state index in [1.54, 1.807) is 42.4 Å². The fourth-order valence-corrected chi connectivity index (χ4v) is 180. The zero-order valence-electron chi connectivity index (χ0n) is 49.4. The van der Waals surface area contributed by atoms with Crippen LogP contribution in [0.5, 0.6) is 0 Å². The zero-order chi connectivity index (χ0) is 56.9. The summed E-state index contributed by atoms with van der Waals surface area (Å²) >= 11 is 0. The Bertz CT molecular complexity index is 3740. The molecular formula is C76H78FeO4P4. The van der Waals surface area contributed by atoms with Crippen LogP contribution in [0.15, 0.2) is 243 Å². The second-order valence-corrected chi connectivity index (χ2v) is 63.0. The average molecular weight is 1240 g/mol. The van der Waals surface area contributed by atoms with Crippen LogP contribution in [0.4, 0.5) is 0 Å². The van der Waals surface area contributed by atoms with Crippen molar-refractivity contribution < 1.29 is 25.5 Å². The minimum absolute atomic E-state index is 0.0314. The third kappa shape index (κ3) is 2.48. The Balaban J connectivity index is 1.03. The van der Waals surface area contributed by atoms with E-state index in [1.165, 1.54) is 0 Å². The standard InChI is InChI=1S/2C38H39O2P2.Fe/c2*1-38(2,25-24-37-39-26-15-27-40-37)30-28-35(41(31-16-7-3-8-17-31)32-18-9-4-10-19-32)36(29-30)42(33-20-11-5-12-21-33)34-22-13-6-14-23-34;/h2*3-14,16-23,28-29,37H,15,24-27H2,1-2H3;. The van der Waals surface area contributed by atoms with E-state index in [-0.39, 0.29) is 48.3 Å². The molecule has 0 radical (unpaired) electrons. The van der Waals surface area contributed by atoms with Crippen LogP contribution in [0.3, 0.4) is 0 Å². The molecule has 12 aliphatic heterocycles. The molecular weight excluding hydrogens is 1160 g/mol. The van der Waals surface area contributed by atoms with Crippen LogP contribution >= 0.6 is 31.7 Å². The predicted octanol–water partition coefficient (Wildman–Crippen LogP) is 15.4. The van der Waals surface area contributed by atoms with E-state index in [0.29, 0.717) is 19.3 Å². The van der Waals surface area contributed by atoms with Gasteiger partial charge >= 0.3 is 502 Å². The average Bonchev–Trinajstić information content (AvgIpc) is 1.01. The molecule has 4 nitrogen and oxygen atoms in total. The fourth-order valence-electron chi connectivity index (χ4n) is 32.9. The SMILES string of the molecule is CC(C)(CCC1OCCCO1)[C]12[CH]3[C]4(P(c5ccccc5)c5ccccc5)[C]5(P(c6ccccc6)c6ccccc6)[CH]1[Fe]32451678[CH]2[C]1(C(C)(C)CCC1OCCCO1)[CH]6[C]7(P(c1ccccc1)c1ccccc1)[C]28P(c1ccccc1)c1ccccc1. The summed E-state index contributed by atoms with van der Waals surface area (Å²) in [6.07, 6.45) is 5.72. The van der Waals surface area contributed by atoms with Crippen molar-refractivity contribution in [3.63, 3.8) is 0 Å². The third-order valence-corrected chi connectivity index (χ3v) is 103. The number of hydrogen-bond acceptors (Lipinski definition) is 4. The molecule has 8 aromatic carbocycles. The summed E-state index contributed by atoms with van der Waals surface area (Å²) in [5, 5.41) is 13.0. The van der Waals surface area contributed by atoms with Gasteiger partial charge in [-0.1, -0.05) is 0 Å². The van der Waals surface area contributed by atoms with Crippen molar-refractivity contribution in [2.75, 3.05) is 26.4 Å². The van der Waals surface area contributed by atoms with Crippen molar-refractivity contribution in [1.82, 2.24) is 0 Å². The Morgan fingerprint density at radius 2 is 0.506 bits per heavy atom. The molecule has 1 spiro atoms. The van der Waals surface area contributed by atoms with Crippen LogP contribution in [0.25, 0.3) is 0 Å². The minimum atomic E-state index is -6.61. The normalized spacial score (nSPS) is 40.7. The van der Waals surface area contributed by atoms with Gasteiger partial charge in [-0.05, 0) is 0 Å². The van der Waals surface area contributed by atoms with E-state index in [1.807, 2.05) is 0 Å². The van der Waals surface area contributed by atoms with Crippen LogP contribution in [0.2, 0.25) is 27.9 Å². The Hall–Kier alpha value is -4.16. The van der Waals surface area contributed by atoms with Crippen molar-refractivity contribution in [1.29, 1.82) is 0 Å². The molecule has 0 N–H and O–H groups in total. The fraction of sp³-hybridized carbons (Fsp3) is 0.368. The monoisotopic (exact) mass is 1230 g/mol. The van der Waals surface area contributed by atoms with Crippen molar-refractivity contribution in [3.05, 3.63) is 243 Å². The Morgan fingerprint density at radius 3 is 0.694 bits per heavy atom. The number of hydrogen-bond donors (Lipinski definition) is 0. The second kappa shape index (κ2) is 12.8. The summed E-state index contributed by atoms with van der Waals surface area (Å²) in [7, 11) is -3.93. The molecule has 20 rings (SSSR count). The van der Waals surface area contributed by atoms with Crippen LogP contribution in [-0.4, -0.2) is 55.2 Å². The Morgan fingerprint density at radius 1 is 0.318 bits per heavy atom. The van der Waals surface area contributed by atoms with Gasteiger partial charge in [0.25, 0.3) is 0 Å². The van der Waals surface area contributed by atoms with Gasteiger partial charge in [0, 0.05) is 0 Å². The van der Waals surface area contributed by atoms with Gasteiger partial charge in [0.1, 0.15) is 0 Å². The van der Waals surface area contributed by atoms with Crippen LogP contribution in [0.1, 0.15) is 66.2 Å². The molecule has 12 saturated heterocycles. The van der Waals surface area contributed by atoms with E-state index in [0.717, 1.165) is 65.0 Å². The molecule has 0 saturated carbocycles. The molecule has 8 atom stereocenters. The van der Waals surface area contributed by atoms with Gasteiger partial charge < -0.3 is 0 Å². The van der Waals surface area contributed by atoms with Crippen LogP contribution in [0, 0.1) is 10.8 Å². The third-order valence-electron chi connectivity index (χ3n) is 30.3. The molecule has 8 unspecified atom stereocenters. The van der Waals surface area contributed by atoms with Gasteiger partial charge in [0.2, 0.25) is 0 Å². The number of fused-ring (bicyclic) bond motifs is 10. The summed E-state index contributed by atoms with van der Waals surface area (Å²) in [6.45, 7) is 8.17. The van der Waals surface area contributed by atoms with E-state index in [2.05, 4.69) is 270 Å². The summed E-state index contributed by atoms with van der Waals surface area (Å²) < 4.78 is 27.5. The van der Waals surface area contributed by atoms with Crippen molar-refractivity contribution in [3.8, 4) is 0 Å². The van der Waals surface area contributed by atoms with Crippen LogP contribution in [-0.2, 0) is 25.5 Å². The van der Waals surface area contributed by atoms with E-state index in [9.17, 15) is 0 Å². The van der Waals surface area contributed by atoms with Crippen molar-refractivity contribution >= 4 is 74.1 Å². The molecule has 85 heavy (non-hydrogen) atoms. The van der Waals surface area contributed by atoms with Crippen molar-refractivity contribution in [2.24, 2.45) is 10.8 Å². The van der Waals surface area contributed by atoms with Gasteiger partial charge in [0.15, 0.2) is 0 Å². The Kier molecular flexibility index (Phi) is 7.79.